The zero-order chi connectivity index (χ0) is 20.6. The molecular weight excluding hydrogens is 382 g/mol. The van der Waals surface area contributed by atoms with Gasteiger partial charge in [0.1, 0.15) is 5.82 Å². The lowest BCUT2D eigenvalue weighted by molar-refractivity contribution is 0.0611. The molecule has 0 spiro atoms. The van der Waals surface area contributed by atoms with Gasteiger partial charge in [0.2, 0.25) is 0 Å². The third kappa shape index (κ3) is 4.43. The largest absolute Gasteiger partial charge is 0.381 e. The first-order valence-electron chi connectivity index (χ1n) is 10.2. The van der Waals surface area contributed by atoms with Crippen molar-refractivity contribution in [2.45, 2.75) is 55.4 Å². The highest BCUT2D eigenvalue weighted by Gasteiger charge is 2.25. The summed E-state index contributed by atoms with van der Waals surface area (Å²) in [4.78, 5) is 19.0. The second-order valence-electron chi connectivity index (χ2n) is 8.92. The van der Waals surface area contributed by atoms with E-state index in [1.54, 1.807) is 29.4 Å². The molecule has 0 amide bonds. The Morgan fingerprint density at radius 1 is 1.14 bits per heavy atom. The molecule has 1 aliphatic rings. The van der Waals surface area contributed by atoms with E-state index in [0.29, 0.717) is 5.92 Å². The smallest absolute Gasteiger partial charge is 0.251 e. The first kappa shape index (κ1) is 20.2. The van der Waals surface area contributed by atoms with Crippen molar-refractivity contribution in [1.82, 2.24) is 14.1 Å². The molecule has 4 rings (SSSR count). The molecular formula is C23H29N3O2S. The zero-order valence-corrected chi connectivity index (χ0v) is 18.5. The molecule has 0 atom stereocenters. The Bertz CT molecular complexity index is 1070. The van der Waals surface area contributed by atoms with Gasteiger partial charge in [-0.3, -0.25) is 4.79 Å². The van der Waals surface area contributed by atoms with E-state index in [-0.39, 0.29) is 11.0 Å². The highest BCUT2D eigenvalue weighted by atomic mass is 32.2. The minimum atomic E-state index is -0.0247. The number of aromatic nitrogens is 3. The zero-order valence-electron chi connectivity index (χ0n) is 17.6. The van der Waals surface area contributed by atoms with Gasteiger partial charge in [-0.15, -0.1) is 0 Å². The van der Waals surface area contributed by atoms with Crippen LogP contribution >= 0.6 is 11.8 Å². The van der Waals surface area contributed by atoms with Crippen molar-refractivity contribution in [3.8, 4) is 0 Å². The van der Waals surface area contributed by atoms with Crippen LogP contribution in [-0.4, -0.2) is 27.3 Å². The van der Waals surface area contributed by atoms with Gasteiger partial charge in [-0.05, 0) is 43.0 Å². The fourth-order valence-corrected chi connectivity index (χ4v) is 4.72. The van der Waals surface area contributed by atoms with Gasteiger partial charge >= 0.3 is 0 Å². The van der Waals surface area contributed by atoms with Gasteiger partial charge in [0, 0.05) is 54.3 Å². The summed E-state index contributed by atoms with van der Waals surface area (Å²) < 4.78 is 9.54. The lowest BCUT2D eigenvalue weighted by atomic mass is 9.94. The van der Waals surface area contributed by atoms with Gasteiger partial charge < -0.3 is 13.9 Å². The average molecular weight is 412 g/mol. The third-order valence-corrected chi connectivity index (χ3v) is 6.46. The lowest BCUT2D eigenvalue weighted by Crippen LogP contribution is -2.25. The van der Waals surface area contributed by atoms with Crippen molar-refractivity contribution >= 4 is 22.8 Å². The molecule has 0 aliphatic carbocycles. The maximum Gasteiger partial charge on any atom is 0.251 e. The van der Waals surface area contributed by atoms with E-state index in [9.17, 15) is 4.79 Å². The predicted octanol–water partition coefficient (Wildman–Crippen LogP) is 4.61. The van der Waals surface area contributed by atoms with E-state index in [0.717, 1.165) is 53.7 Å². The normalized spacial score (nSPS) is 15.9. The maximum atomic E-state index is 11.9. The SMILES string of the molecule is Cn1ccc(Sc2ccc3c(c2)nc(C(C)(C)C)n3CC2CCOCC2)cc1=O. The monoisotopic (exact) mass is 411 g/mol. The van der Waals surface area contributed by atoms with Gasteiger partial charge in [-0.2, -0.15) is 0 Å². The van der Waals surface area contributed by atoms with Crippen LogP contribution in [-0.2, 0) is 23.7 Å². The van der Waals surface area contributed by atoms with Gasteiger partial charge in [-0.25, -0.2) is 4.98 Å². The Balaban J connectivity index is 1.69. The van der Waals surface area contributed by atoms with Crippen molar-refractivity contribution in [3.63, 3.8) is 0 Å². The predicted molar refractivity (Wildman–Crippen MR) is 118 cm³/mol. The van der Waals surface area contributed by atoms with Crippen LogP contribution in [0.15, 0.2) is 51.1 Å². The van der Waals surface area contributed by atoms with Crippen LogP contribution in [0, 0.1) is 5.92 Å². The molecule has 5 nitrogen and oxygen atoms in total. The van der Waals surface area contributed by atoms with Crippen molar-refractivity contribution in [2.24, 2.45) is 13.0 Å². The highest BCUT2D eigenvalue weighted by Crippen LogP contribution is 2.33. The molecule has 2 aromatic heterocycles. The summed E-state index contributed by atoms with van der Waals surface area (Å²) in [7, 11) is 1.77. The second kappa shape index (κ2) is 8.00. The summed E-state index contributed by atoms with van der Waals surface area (Å²) in [5.74, 6) is 1.77. The summed E-state index contributed by atoms with van der Waals surface area (Å²) in [5, 5.41) is 0. The minimum absolute atomic E-state index is 0.00633. The van der Waals surface area contributed by atoms with Crippen molar-refractivity contribution in [2.75, 3.05) is 13.2 Å². The Labute approximate surface area is 176 Å². The molecule has 154 valence electrons. The molecule has 29 heavy (non-hydrogen) atoms. The van der Waals surface area contributed by atoms with Crippen LogP contribution in [0.3, 0.4) is 0 Å². The number of benzene rings is 1. The molecule has 0 radical (unpaired) electrons. The van der Waals surface area contributed by atoms with Crippen molar-refractivity contribution in [1.29, 1.82) is 0 Å². The minimum Gasteiger partial charge on any atom is -0.381 e. The van der Waals surface area contributed by atoms with E-state index >= 15 is 0 Å². The number of ether oxygens (including phenoxy) is 1. The Morgan fingerprint density at radius 2 is 1.86 bits per heavy atom. The summed E-state index contributed by atoms with van der Waals surface area (Å²) in [6.45, 7) is 9.39. The third-order valence-electron chi connectivity index (χ3n) is 5.48. The van der Waals surface area contributed by atoms with E-state index in [2.05, 4.69) is 43.5 Å². The molecule has 3 aromatic rings. The van der Waals surface area contributed by atoms with Crippen LogP contribution < -0.4 is 5.56 Å². The number of pyridine rings is 1. The number of nitrogens with zero attached hydrogens (tertiary/aromatic N) is 3. The fourth-order valence-electron chi connectivity index (χ4n) is 3.85. The van der Waals surface area contributed by atoms with Crippen LogP contribution in [0.1, 0.15) is 39.4 Å². The number of rotatable bonds is 4. The van der Waals surface area contributed by atoms with Crippen LogP contribution in [0.2, 0.25) is 0 Å². The van der Waals surface area contributed by atoms with Gasteiger partial charge in [0.25, 0.3) is 5.56 Å². The van der Waals surface area contributed by atoms with E-state index in [1.165, 1.54) is 5.52 Å². The van der Waals surface area contributed by atoms with Crippen molar-refractivity contribution < 1.29 is 4.74 Å². The molecule has 0 unspecified atom stereocenters. The number of hydrogen-bond donors (Lipinski definition) is 0. The first-order valence-corrected chi connectivity index (χ1v) is 11.1. The van der Waals surface area contributed by atoms with Gasteiger partial charge in [0.05, 0.1) is 11.0 Å². The summed E-state index contributed by atoms with van der Waals surface area (Å²) in [6, 6.07) is 10.1. The summed E-state index contributed by atoms with van der Waals surface area (Å²) >= 11 is 1.60. The average Bonchev–Trinajstić information content (AvgIpc) is 3.04. The standard InChI is InChI=1S/C23H29N3O2S/c1-23(2,3)22-24-19-13-17(29-18-7-10-25(4)21(27)14-18)5-6-20(19)26(22)15-16-8-11-28-12-9-16/h5-7,10,13-14,16H,8-9,11-12,15H2,1-4H3. The number of imidazole rings is 1. The molecule has 0 N–H and O–H groups in total. The molecule has 0 bridgehead atoms. The lowest BCUT2D eigenvalue weighted by Gasteiger charge is -2.26. The number of hydrogen-bond acceptors (Lipinski definition) is 4. The molecule has 1 aliphatic heterocycles. The summed E-state index contributed by atoms with van der Waals surface area (Å²) in [6.07, 6.45) is 4.03. The first-order chi connectivity index (χ1) is 13.8. The molecule has 3 heterocycles. The van der Waals surface area contributed by atoms with Gasteiger partial charge in [-0.1, -0.05) is 32.5 Å². The van der Waals surface area contributed by atoms with Crippen LogP contribution in [0.25, 0.3) is 11.0 Å². The van der Waals surface area contributed by atoms with Crippen molar-refractivity contribution in [3.05, 3.63) is 52.7 Å². The second-order valence-corrected chi connectivity index (χ2v) is 10.1. The fraction of sp³-hybridized carbons (Fsp3) is 0.478. The molecule has 1 aromatic carbocycles. The summed E-state index contributed by atoms with van der Waals surface area (Å²) in [5.41, 5.74) is 2.20. The van der Waals surface area contributed by atoms with Crippen LogP contribution in [0.5, 0.6) is 0 Å². The Hall–Kier alpha value is -2.05. The number of aryl methyl sites for hydroxylation is 1. The van der Waals surface area contributed by atoms with E-state index in [1.807, 2.05) is 12.3 Å². The Kier molecular flexibility index (Phi) is 5.58. The quantitative estimate of drug-likeness (QED) is 0.629. The number of fused-ring (bicyclic) bond motifs is 1. The molecule has 1 saturated heterocycles. The molecule has 6 heteroatoms. The maximum absolute atomic E-state index is 11.9. The highest BCUT2D eigenvalue weighted by molar-refractivity contribution is 7.99. The van der Waals surface area contributed by atoms with Gasteiger partial charge in [0.15, 0.2) is 0 Å². The molecule has 0 saturated carbocycles. The molecule has 1 fully saturated rings. The van der Waals surface area contributed by atoms with Crippen LogP contribution in [0.4, 0.5) is 0 Å². The van der Waals surface area contributed by atoms with E-state index < -0.39 is 0 Å². The topological polar surface area (TPSA) is 49.0 Å². The Morgan fingerprint density at radius 3 is 2.55 bits per heavy atom. The van der Waals surface area contributed by atoms with E-state index in [4.69, 9.17) is 9.72 Å².